The molecule has 1 saturated heterocycles. The summed E-state index contributed by atoms with van der Waals surface area (Å²) in [6.45, 7) is 6.02. The molecule has 1 N–H and O–H groups in total. The van der Waals surface area contributed by atoms with Crippen LogP contribution in [-0.2, 0) is 20.7 Å². The molecule has 0 radical (unpaired) electrons. The fourth-order valence-corrected chi connectivity index (χ4v) is 3.77. The molecule has 1 fully saturated rings. The number of nitrogens with zero attached hydrogens (tertiary/aromatic N) is 4. The van der Waals surface area contributed by atoms with E-state index >= 15 is 0 Å². The lowest BCUT2D eigenvalue weighted by atomic mass is 10.1. The van der Waals surface area contributed by atoms with Crippen molar-refractivity contribution in [3.05, 3.63) is 41.2 Å². The molecule has 0 aliphatic carbocycles. The summed E-state index contributed by atoms with van der Waals surface area (Å²) in [6.07, 6.45) is -0.499. The smallest absolute Gasteiger partial charge is 0.324 e. The van der Waals surface area contributed by atoms with Gasteiger partial charge in [-0.1, -0.05) is 12.1 Å². The minimum Gasteiger partial charge on any atom is -0.453 e. The first kappa shape index (κ1) is 19.8. The molecule has 9 nitrogen and oxygen atoms in total. The molecule has 1 unspecified atom stereocenters. The Balaban J connectivity index is 1.46. The first-order valence-electron chi connectivity index (χ1n) is 9.89. The van der Waals surface area contributed by atoms with Crippen molar-refractivity contribution < 1.29 is 19.1 Å². The highest BCUT2D eigenvalue weighted by Gasteiger charge is 2.31. The van der Waals surface area contributed by atoms with Gasteiger partial charge in [-0.05, 0) is 44.9 Å². The van der Waals surface area contributed by atoms with Gasteiger partial charge >= 0.3 is 12.0 Å². The molecule has 1 aliphatic heterocycles. The number of rotatable bonds is 5. The van der Waals surface area contributed by atoms with Crippen LogP contribution in [0.2, 0.25) is 0 Å². The first-order valence-corrected chi connectivity index (χ1v) is 9.89. The van der Waals surface area contributed by atoms with E-state index in [2.05, 4.69) is 10.4 Å². The van der Waals surface area contributed by atoms with Gasteiger partial charge in [0.05, 0.1) is 5.52 Å². The van der Waals surface area contributed by atoms with Crippen molar-refractivity contribution in [3.8, 4) is 0 Å². The second kappa shape index (κ2) is 7.74. The number of esters is 1. The standard InChI is InChI=1S/C21H23N5O4/c1-12-15(13(2)26-19(23-12)16-6-4-5-7-17(16)24-26)8-9-18(27)30-14(3)20(28)25-11-10-22-21(25)29/h4-7,14H,8-11H2,1-3H3,(H,22,29). The van der Waals surface area contributed by atoms with Gasteiger partial charge in [0, 0.05) is 36.3 Å². The van der Waals surface area contributed by atoms with Crippen molar-refractivity contribution in [2.45, 2.75) is 39.7 Å². The lowest BCUT2D eigenvalue weighted by molar-refractivity contribution is -0.157. The predicted molar refractivity (Wildman–Crippen MR) is 109 cm³/mol. The minimum atomic E-state index is -1.01. The minimum absolute atomic E-state index is 0.0967. The summed E-state index contributed by atoms with van der Waals surface area (Å²) in [7, 11) is 0. The Morgan fingerprint density at radius 3 is 2.77 bits per heavy atom. The second-order valence-corrected chi connectivity index (χ2v) is 7.37. The molecular weight excluding hydrogens is 386 g/mol. The average Bonchev–Trinajstić information content (AvgIpc) is 3.31. The van der Waals surface area contributed by atoms with Crippen LogP contribution in [0.5, 0.6) is 0 Å². The maximum atomic E-state index is 12.3. The van der Waals surface area contributed by atoms with E-state index in [1.54, 1.807) is 4.52 Å². The summed E-state index contributed by atoms with van der Waals surface area (Å²) < 4.78 is 7.06. The van der Waals surface area contributed by atoms with Gasteiger partial charge in [-0.15, -0.1) is 0 Å². The number of urea groups is 1. The van der Waals surface area contributed by atoms with Gasteiger partial charge in [0.2, 0.25) is 0 Å². The molecule has 156 valence electrons. The highest BCUT2D eigenvalue weighted by Crippen LogP contribution is 2.23. The van der Waals surface area contributed by atoms with Crippen molar-refractivity contribution in [2.24, 2.45) is 0 Å². The Kier molecular flexibility index (Phi) is 5.11. The SMILES string of the molecule is Cc1nc2c3ccccc3nn2c(C)c1CCC(=O)OC(C)C(=O)N1CCNC1=O. The van der Waals surface area contributed by atoms with Crippen molar-refractivity contribution in [3.63, 3.8) is 0 Å². The number of carbonyl (C=O) groups excluding carboxylic acids is 3. The zero-order chi connectivity index (χ0) is 21.4. The van der Waals surface area contributed by atoms with Crippen molar-refractivity contribution in [2.75, 3.05) is 13.1 Å². The monoisotopic (exact) mass is 409 g/mol. The Morgan fingerprint density at radius 1 is 1.27 bits per heavy atom. The third-order valence-corrected chi connectivity index (χ3v) is 5.38. The molecule has 1 atom stereocenters. The average molecular weight is 409 g/mol. The number of aromatic nitrogens is 3. The van der Waals surface area contributed by atoms with Gasteiger partial charge in [0.1, 0.15) is 0 Å². The van der Waals surface area contributed by atoms with Gasteiger partial charge < -0.3 is 10.1 Å². The lowest BCUT2D eigenvalue weighted by Gasteiger charge is -2.18. The van der Waals surface area contributed by atoms with Crippen LogP contribution in [0.4, 0.5) is 4.79 Å². The molecule has 4 rings (SSSR count). The third-order valence-electron chi connectivity index (χ3n) is 5.38. The molecule has 1 aliphatic rings. The fourth-order valence-electron chi connectivity index (χ4n) is 3.77. The van der Waals surface area contributed by atoms with Crippen LogP contribution in [0.15, 0.2) is 24.3 Å². The van der Waals surface area contributed by atoms with Gasteiger partial charge in [0.15, 0.2) is 11.8 Å². The molecule has 0 saturated carbocycles. The maximum Gasteiger partial charge on any atom is 0.324 e. The Labute approximate surface area is 173 Å². The van der Waals surface area contributed by atoms with Crippen molar-refractivity contribution in [1.82, 2.24) is 24.8 Å². The van der Waals surface area contributed by atoms with E-state index in [-0.39, 0.29) is 13.0 Å². The molecule has 30 heavy (non-hydrogen) atoms. The second-order valence-electron chi connectivity index (χ2n) is 7.37. The van der Waals surface area contributed by atoms with Gasteiger partial charge in [-0.3, -0.25) is 14.5 Å². The van der Waals surface area contributed by atoms with Gasteiger partial charge in [0.25, 0.3) is 5.91 Å². The zero-order valence-electron chi connectivity index (χ0n) is 17.1. The van der Waals surface area contributed by atoms with Crippen LogP contribution in [0, 0.1) is 13.8 Å². The summed E-state index contributed by atoms with van der Waals surface area (Å²) in [5.41, 5.74) is 4.32. The highest BCUT2D eigenvalue weighted by atomic mass is 16.5. The number of fused-ring (bicyclic) bond motifs is 3. The summed E-state index contributed by atoms with van der Waals surface area (Å²) in [5, 5.41) is 8.15. The Morgan fingerprint density at radius 2 is 2.03 bits per heavy atom. The van der Waals surface area contributed by atoms with Crippen LogP contribution in [0.25, 0.3) is 16.6 Å². The van der Waals surface area contributed by atoms with Crippen LogP contribution in [0.1, 0.15) is 30.3 Å². The molecular formula is C21H23N5O4. The number of benzene rings is 1. The van der Waals surface area contributed by atoms with E-state index in [1.165, 1.54) is 6.92 Å². The molecule has 3 amide bonds. The lowest BCUT2D eigenvalue weighted by Crippen LogP contribution is -2.41. The summed E-state index contributed by atoms with van der Waals surface area (Å²) in [5.74, 6) is -1.02. The molecule has 2 aromatic heterocycles. The Bertz CT molecular complexity index is 1170. The van der Waals surface area contributed by atoms with E-state index in [9.17, 15) is 14.4 Å². The van der Waals surface area contributed by atoms with Crippen LogP contribution in [-0.4, -0.2) is 56.6 Å². The fraction of sp³-hybridized carbons (Fsp3) is 0.381. The number of nitrogens with one attached hydrogen (secondary N) is 1. The van der Waals surface area contributed by atoms with Crippen molar-refractivity contribution in [1.29, 1.82) is 0 Å². The predicted octanol–water partition coefficient (Wildman–Crippen LogP) is 1.92. The molecule has 3 heterocycles. The molecule has 3 aromatic rings. The number of imide groups is 1. The topological polar surface area (TPSA) is 106 Å². The number of carbonyl (C=O) groups is 3. The molecule has 9 heteroatoms. The van der Waals surface area contributed by atoms with Crippen LogP contribution in [0.3, 0.4) is 0 Å². The quantitative estimate of drug-likeness (QED) is 0.646. The summed E-state index contributed by atoms with van der Waals surface area (Å²) in [6, 6.07) is 7.35. The normalized spacial score (nSPS) is 14.9. The van der Waals surface area contributed by atoms with E-state index in [4.69, 9.17) is 9.72 Å². The summed E-state index contributed by atoms with van der Waals surface area (Å²) >= 11 is 0. The third kappa shape index (κ3) is 3.47. The maximum absolute atomic E-state index is 12.3. The number of aryl methyl sites for hydroxylation is 2. The molecule has 0 bridgehead atoms. The zero-order valence-corrected chi connectivity index (χ0v) is 17.1. The van der Waals surface area contributed by atoms with E-state index in [0.717, 1.165) is 38.4 Å². The largest absolute Gasteiger partial charge is 0.453 e. The van der Waals surface area contributed by atoms with Gasteiger partial charge in [-0.25, -0.2) is 14.3 Å². The van der Waals surface area contributed by atoms with E-state index < -0.39 is 24.0 Å². The van der Waals surface area contributed by atoms with E-state index in [0.29, 0.717) is 13.0 Å². The number of hydrogen-bond acceptors (Lipinski definition) is 6. The molecule has 1 aromatic carbocycles. The molecule has 0 spiro atoms. The van der Waals surface area contributed by atoms with Crippen LogP contribution >= 0.6 is 0 Å². The Hall–Kier alpha value is -3.49. The van der Waals surface area contributed by atoms with Crippen LogP contribution < -0.4 is 5.32 Å². The number of amides is 3. The van der Waals surface area contributed by atoms with Crippen molar-refractivity contribution >= 4 is 34.5 Å². The van der Waals surface area contributed by atoms with Gasteiger partial charge in [-0.2, -0.15) is 5.10 Å². The first-order chi connectivity index (χ1) is 14.4. The number of hydrogen-bond donors (Lipinski definition) is 1. The summed E-state index contributed by atoms with van der Waals surface area (Å²) in [4.78, 5) is 41.9. The number of ether oxygens (including phenoxy) is 1. The highest BCUT2D eigenvalue weighted by molar-refractivity contribution is 5.98. The van der Waals surface area contributed by atoms with E-state index in [1.807, 2.05) is 38.1 Å².